The number of carbonyl (C=O) groups is 2. The van der Waals surface area contributed by atoms with E-state index in [1.54, 1.807) is 48.9 Å². The summed E-state index contributed by atoms with van der Waals surface area (Å²) in [5, 5.41) is 2.64. The van der Waals surface area contributed by atoms with E-state index >= 15 is 0 Å². The molecule has 8 heteroatoms. The molecule has 0 spiro atoms. The van der Waals surface area contributed by atoms with Crippen molar-refractivity contribution < 1.29 is 23.1 Å². The summed E-state index contributed by atoms with van der Waals surface area (Å²) in [6.07, 6.45) is 7.14. The lowest BCUT2D eigenvalue weighted by atomic mass is 9.94. The molecule has 4 rings (SSSR count). The van der Waals surface area contributed by atoms with Gasteiger partial charge in [0.05, 0.1) is 13.4 Å². The molecule has 0 aliphatic heterocycles. The van der Waals surface area contributed by atoms with Gasteiger partial charge in [0.1, 0.15) is 17.7 Å². The summed E-state index contributed by atoms with van der Waals surface area (Å²) in [4.78, 5) is 29.0. The van der Waals surface area contributed by atoms with Crippen LogP contribution in [0.15, 0.2) is 85.5 Å². The van der Waals surface area contributed by atoms with Crippen LogP contribution in [0.25, 0.3) is 22.8 Å². The number of esters is 1. The first-order chi connectivity index (χ1) is 17.8. The van der Waals surface area contributed by atoms with Gasteiger partial charge in [-0.3, -0.25) is 4.79 Å². The first-order valence-electron chi connectivity index (χ1n) is 11.5. The zero-order valence-corrected chi connectivity index (χ0v) is 20.3. The smallest absolute Gasteiger partial charge is 0.328 e. The Morgan fingerprint density at radius 1 is 1.03 bits per heavy atom. The molecule has 1 amide bonds. The molecular weight excluding hydrogens is 476 g/mol. The van der Waals surface area contributed by atoms with Crippen molar-refractivity contribution in [2.45, 2.75) is 19.5 Å². The predicted molar refractivity (Wildman–Crippen MR) is 137 cm³/mol. The van der Waals surface area contributed by atoms with Gasteiger partial charge in [0.2, 0.25) is 0 Å². The Labute approximate surface area is 213 Å². The normalized spacial score (nSPS) is 12.2. The predicted octanol–water partition coefficient (Wildman–Crippen LogP) is 5.36. The van der Waals surface area contributed by atoms with E-state index in [2.05, 4.69) is 10.3 Å². The number of allylic oxidation sites excluding steroid dienone is 1. The Morgan fingerprint density at radius 2 is 1.70 bits per heavy atom. The number of hydrogen-bond donors (Lipinski definition) is 1. The van der Waals surface area contributed by atoms with Crippen molar-refractivity contribution in [3.05, 3.63) is 114 Å². The Morgan fingerprint density at radius 3 is 2.32 bits per heavy atom. The third-order valence-electron chi connectivity index (χ3n) is 5.81. The van der Waals surface area contributed by atoms with E-state index in [0.717, 1.165) is 16.7 Å². The molecule has 188 valence electrons. The maximum Gasteiger partial charge on any atom is 0.328 e. The Balaban J connectivity index is 1.78. The molecule has 0 radical (unpaired) electrons. The van der Waals surface area contributed by atoms with Gasteiger partial charge in [0, 0.05) is 24.5 Å². The Bertz CT molecular complexity index is 1410. The lowest BCUT2D eigenvalue weighted by molar-refractivity contribution is -0.142. The molecule has 0 unspecified atom stereocenters. The fourth-order valence-electron chi connectivity index (χ4n) is 3.89. The molecule has 37 heavy (non-hydrogen) atoms. The van der Waals surface area contributed by atoms with Crippen LogP contribution in [0.2, 0.25) is 0 Å². The first kappa shape index (κ1) is 25.5. The van der Waals surface area contributed by atoms with Crippen molar-refractivity contribution in [1.29, 1.82) is 0 Å². The van der Waals surface area contributed by atoms with Crippen LogP contribution in [0.3, 0.4) is 0 Å². The van der Waals surface area contributed by atoms with Crippen molar-refractivity contribution in [1.82, 2.24) is 14.9 Å². The molecular formula is C29H25F2N3O3. The summed E-state index contributed by atoms with van der Waals surface area (Å²) in [7, 11) is 1.25. The molecule has 0 saturated carbocycles. The average molecular weight is 502 g/mol. The van der Waals surface area contributed by atoms with E-state index in [4.69, 9.17) is 4.74 Å². The first-order valence-corrected chi connectivity index (χ1v) is 11.5. The van der Waals surface area contributed by atoms with Crippen LogP contribution in [0.5, 0.6) is 0 Å². The van der Waals surface area contributed by atoms with E-state index in [0.29, 0.717) is 23.2 Å². The van der Waals surface area contributed by atoms with E-state index in [1.165, 1.54) is 38.3 Å². The number of ether oxygens (including phenoxy) is 1. The lowest BCUT2D eigenvalue weighted by Gasteiger charge is -2.15. The highest BCUT2D eigenvalue weighted by molar-refractivity contribution is 6.03. The summed E-state index contributed by atoms with van der Waals surface area (Å²) in [6.45, 7) is 2.01. The van der Waals surface area contributed by atoms with Crippen LogP contribution in [0, 0.1) is 11.6 Å². The second-order valence-corrected chi connectivity index (χ2v) is 8.44. The summed E-state index contributed by atoms with van der Waals surface area (Å²) >= 11 is 0. The van der Waals surface area contributed by atoms with Crippen LogP contribution >= 0.6 is 0 Å². The number of nitrogens with zero attached hydrogens (tertiary/aromatic N) is 2. The second kappa shape index (κ2) is 11.4. The van der Waals surface area contributed by atoms with E-state index in [9.17, 15) is 18.4 Å². The summed E-state index contributed by atoms with van der Waals surface area (Å²) < 4.78 is 33.8. The fourth-order valence-corrected chi connectivity index (χ4v) is 3.89. The van der Waals surface area contributed by atoms with Gasteiger partial charge in [-0.15, -0.1) is 0 Å². The van der Waals surface area contributed by atoms with Gasteiger partial charge in [-0.05, 0) is 77.2 Å². The maximum absolute atomic E-state index is 13.6. The van der Waals surface area contributed by atoms with Crippen LogP contribution in [-0.2, 0) is 16.1 Å². The number of aromatic nitrogens is 2. The number of imidazole rings is 1. The van der Waals surface area contributed by atoms with Gasteiger partial charge in [-0.25, -0.2) is 18.6 Å². The number of carbonyl (C=O) groups excluding carboxylic acids is 2. The average Bonchev–Trinajstić information content (AvgIpc) is 3.42. The van der Waals surface area contributed by atoms with Crippen molar-refractivity contribution in [3.63, 3.8) is 0 Å². The zero-order valence-electron chi connectivity index (χ0n) is 20.3. The SMILES string of the molecule is COC(=O)[C@H](C)NC(=O)c1ccc(C=C(Cn2ccnc2)c2ccc(F)cc2)cc1-c1ccc(F)cc1. The maximum atomic E-state index is 13.6. The highest BCUT2D eigenvalue weighted by atomic mass is 19.1. The minimum atomic E-state index is -0.849. The number of halogens is 2. The van der Waals surface area contributed by atoms with Gasteiger partial charge >= 0.3 is 5.97 Å². The third kappa shape index (κ3) is 6.35. The van der Waals surface area contributed by atoms with Crippen molar-refractivity contribution >= 4 is 23.5 Å². The number of amides is 1. The van der Waals surface area contributed by atoms with Crippen LogP contribution < -0.4 is 5.32 Å². The van der Waals surface area contributed by atoms with Gasteiger partial charge < -0.3 is 14.6 Å². The molecule has 3 aromatic carbocycles. The minimum absolute atomic E-state index is 0.317. The van der Waals surface area contributed by atoms with Crippen molar-refractivity contribution in [2.24, 2.45) is 0 Å². The lowest BCUT2D eigenvalue weighted by Crippen LogP contribution is -2.39. The molecule has 0 aliphatic rings. The number of rotatable bonds is 8. The van der Waals surface area contributed by atoms with Crippen LogP contribution in [0.4, 0.5) is 8.78 Å². The van der Waals surface area contributed by atoms with Crippen LogP contribution in [-0.4, -0.2) is 34.6 Å². The topological polar surface area (TPSA) is 73.2 Å². The third-order valence-corrected chi connectivity index (χ3v) is 5.81. The van der Waals surface area contributed by atoms with Crippen molar-refractivity contribution in [2.75, 3.05) is 7.11 Å². The number of nitrogens with one attached hydrogen (secondary N) is 1. The van der Waals surface area contributed by atoms with Crippen LogP contribution in [0.1, 0.15) is 28.4 Å². The number of benzene rings is 3. The van der Waals surface area contributed by atoms with Gasteiger partial charge in [0.25, 0.3) is 5.91 Å². The highest BCUT2D eigenvalue weighted by Crippen LogP contribution is 2.28. The van der Waals surface area contributed by atoms with Gasteiger partial charge in [-0.1, -0.05) is 30.3 Å². The molecule has 1 N–H and O–H groups in total. The van der Waals surface area contributed by atoms with E-state index < -0.39 is 23.7 Å². The number of hydrogen-bond acceptors (Lipinski definition) is 4. The summed E-state index contributed by atoms with van der Waals surface area (Å²) in [5.41, 5.74) is 4.00. The molecule has 1 atom stereocenters. The van der Waals surface area contributed by atoms with Crippen molar-refractivity contribution in [3.8, 4) is 11.1 Å². The quantitative estimate of drug-likeness (QED) is 0.261. The zero-order chi connectivity index (χ0) is 26.4. The molecule has 1 aromatic heterocycles. The molecule has 1 heterocycles. The Hall–Kier alpha value is -4.59. The van der Waals surface area contributed by atoms with E-state index in [1.807, 2.05) is 22.9 Å². The molecule has 0 bridgehead atoms. The molecule has 6 nitrogen and oxygen atoms in total. The standard InChI is InChI=1S/C29H25F2N3O3/c1-19(29(36)37-2)33-28(35)26-12-3-20(16-27(26)22-6-10-25(31)11-7-22)15-23(17-34-14-13-32-18-34)21-4-8-24(30)9-5-21/h3-16,18-19H,17H2,1-2H3,(H,33,35)/t19-/m0/s1. The monoisotopic (exact) mass is 501 g/mol. The van der Waals surface area contributed by atoms with Gasteiger partial charge in [0.15, 0.2) is 0 Å². The molecule has 0 saturated heterocycles. The van der Waals surface area contributed by atoms with E-state index in [-0.39, 0.29) is 5.82 Å². The Kier molecular flexibility index (Phi) is 7.88. The van der Waals surface area contributed by atoms with Gasteiger partial charge in [-0.2, -0.15) is 0 Å². The molecule has 4 aromatic rings. The molecule has 0 fully saturated rings. The molecule has 0 aliphatic carbocycles. The highest BCUT2D eigenvalue weighted by Gasteiger charge is 2.20. The second-order valence-electron chi connectivity index (χ2n) is 8.44. The largest absolute Gasteiger partial charge is 0.467 e. The summed E-state index contributed by atoms with van der Waals surface area (Å²) in [5.74, 6) is -1.77. The minimum Gasteiger partial charge on any atom is -0.467 e. The fraction of sp³-hybridized carbons (Fsp3) is 0.138. The number of methoxy groups -OCH3 is 1. The summed E-state index contributed by atoms with van der Waals surface area (Å²) in [6, 6.07) is 16.4.